The van der Waals surface area contributed by atoms with Gasteiger partial charge in [0.05, 0.1) is 11.8 Å². The van der Waals surface area contributed by atoms with Crippen molar-refractivity contribution in [2.75, 3.05) is 29.9 Å². The number of nitrogens with one attached hydrogen (secondary N) is 1. The molecule has 3 rings (SSSR count). The molecule has 1 saturated heterocycles. The van der Waals surface area contributed by atoms with Crippen LogP contribution >= 0.6 is 0 Å². The number of anilines is 2. The maximum atomic E-state index is 12.9. The molecule has 0 aliphatic carbocycles. The number of nitrogens with zero attached hydrogens (tertiary/aromatic N) is 2. The van der Waals surface area contributed by atoms with E-state index in [-0.39, 0.29) is 11.9 Å². The maximum Gasteiger partial charge on any atom is 0.151 e. The van der Waals surface area contributed by atoms with E-state index in [2.05, 4.69) is 15.2 Å². The summed E-state index contributed by atoms with van der Waals surface area (Å²) >= 11 is 0. The Kier molecular flexibility index (Phi) is 5.43. The quantitative estimate of drug-likeness (QED) is 0.884. The SMILES string of the molecule is OC1CCN(c2ncccc2NCC=Cc2ccc(F)cc2)CC1. The lowest BCUT2D eigenvalue weighted by Crippen LogP contribution is -2.36. The average Bonchev–Trinajstić information content (AvgIpc) is 2.61. The normalized spacial score (nSPS) is 15.8. The number of aliphatic hydroxyl groups is 1. The van der Waals surface area contributed by atoms with E-state index in [9.17, 15) is 9.50 Å². The molecule has 2 heterocycles. The number of benzene rings is 1. The summed E-state index contributed by atoms with van der Waals surface area (Å²) in [7, 11) is 0. The summed E-state index contributed by atoms with van der Waals surface area (Å²) in [4.78, 5) is 6.70. The highest BCUT2D eigenvalue weighted by atomic mass is 19.1. The van der Waals surface area contributed by atoms with E-state index in [0.717, 1.165) is 43.0 Å². The third-order valence-corrected chi connectivity index (χ3v) is 4.14. The Morgan fingerprint density at radius 2 is 1.96 bits per heavy atom. The summed E-state index contributed by atoms with van der Waals surface area (Å²) in [6, 6.07) is 10.3. The summed E-state index contributed by atoms with van der Waals surface area (Å²) in [6.45, 7) is 2.29. The van der Waals surface area contributed by atoms with Gasteiger partial charge < -0.3 is 15.3 Å². The predicted molar refractivity (Wildman–Crippen MR) is 95.6 cm³/mol. The van der Waals surface area contributed by atoms with Gasteiger partial charge in [-0.2, -0.15) is 0 Å². The minimum Gasteiger partial charge on any atom is -0.393 e. The molecule has 0 atom stereocenters. The van der Waals surface area contributed by atoms with Crippen molar-refractivity contribution in [3.8, 4) is 0 Å². The van der Waals surface area contributed by atoms with Crippen LogP contribution in [0, 0.1) is 5.82 Å². The first-order valence-corrected chi connectivity index (χ1v) is 8.26. The van der Waals surface area contributed by atoms with Gasteiger partial charge in [-0.15, -0.1) is 0 Å². The van der Waals surface area contributed by atoms with E-state index >= 15 is 0 Å². The van der Waals surface area contributed by atoms with Gasteiger partial charge in [0.15, 0.2) is 5.82 Å². The summed E-state index contributed by atoms with van der Waals surface area (Å²) in [6.07, 6.45) is 7.12. The van der Waals surface area contributed by atoms with Crippen LogP contribution in [0.3, 0.4) is 0 Å². The molecule has 1 aliphatic rings. The van der Waals surface area contributed by atoms with Crippen LogP contribution in [0.4, 0.5) is 15.9 Å². The van der Waals surface area contributed by atoms with Gasteiger partial charge in [0.2, 0.25) is 0 Å². The van der Waals surface area contributed by atoms with Crippen LogP contribution in [-0.4, -0.2) is 35.8 Å². The zero-order valence-corrected chi connectivity index (χ0v) is 13.5. The van der Waals surface area contributed by atoms with Crippen LogP contribution in [0.15, 0.2) is 48.7 Å². The van der Waals surface area contributed by atoms with Crippen molar-refractivity contribution < 1.29 is 9.50 Å². The van der Waals surface area contributed by atoms with E-state index < -0.39 is 0 Å². The van der Waals surface area contributed by atoms with Crippen LogP contribution in [0.2, 0.25) is 0 Å². The van der Waals surface area contributed by atoms with Crippen LogP contribution in [0.1, 0.15) is 18.4 Å². The molecule has 2 N–H and O–H groups in total. The Hall–Kier alpha value is -2.40. The molecule has 0 amide bonds. The van der Waals surface area contributed by atoms with Gasteiger partial charge in [0.25, 0.3) is 0 Å². The van der Waals surface area contributed by atoms with E-state index in [4.69, 9.17) is 0 Å². The number of aromatic nitrogens is 1. The topological polar surface area (TPSA) is 48.4 Å². The molecule has 126 valence electrons. The molecule has 0 saturated carbocycles. The number of halogens is 1. The van der Waals surface area contributed by atoms with Crippen LogP contribution < -0.4 is 10.2 Å². The van der Waals surface area contributed by atoms with E-state index in [1.165, 1.54) is 12.1 Å². The molecule has 0 spiro atoms. The molecule has 0 bridgehead atoms. The Labute approximate surface area is 141 Å². The minimum atomic E-state index is -0.225. The summed E-state index contributed by atoms with van der Waals surface area (Å²) in [5.74, 6) is 0.705. The number of pyridine rings is 1. The van der Waals surface area contributed by atoms with Crippen LogP contribution in [-0.2, 0) is 0 Å². The van der Waals surface area contributed by atoms with Gasteiger partial charge in [-0.25, -0.2) is 9.37 Å². The zero-order chi connectivity index (χ0) is 16.8. The van der Waals surface area contributed by atoms with E-state index in [1.54, 1.807) is 18.3 Å². The van der Waals surface area contributed by atoms with Crippen molar-refractivity contribution in [3.05, 3.63) is 60.1 Å². The lowest BCUT2D eigenvalue weighted by Gasteiger charge is -2.31. The number of rotatable bonds is 5. The Bertz CT molecular complexity index is 679. The van der Waals surface area contributed by atoms with E-state index in [0.29, 0.717) is 6.54 Å². The third-order valence-electron chi connectivity index (χ3n) is 4.14. The third kappa shape index (κ3) is 4.32. The minimum absolute atomic E-state index is 0.194. The first-order chi connectivity index (χ1) is 11.7. The van der Waals surface area contributed by atoms with Crippen LogP contribution in [0.5, 0.6) is 0 Å². The lowest BCUT2D eigenvalue weighted by atomic mass is 10.1. The second kappa shape index (κ2) is 7.93. The molecule has 4 nitrogen and oxygen atoms in total. The van der Waals surface area contributed by atoms with Crippen LogP contribution in [0.25, 0.3) is 6.08 Å². The number of piperidine rings is 1. The standard InChI is InChI=1S/C19H22FN3O/c20-16-7-5-15(6-8-16)3-1-11-21-18-4-2-12-22-19(18)23-13-9-17(24)10-14-23/h1-8,12,17,21,24H,9-11,13-14H2. The van der Waals surface area contributed by atoms with Crippen molar-refractivity contribution in [3.63, 3.8) is 0 Å². The molecule has 0 unspecified atom stereocenters. The molecule has 24 heavy (non-hydrogen) atoms. The molecule has 2 aromatic rings. The smallest absolute Gasteiger partial charge is 0.151 e. The molecule has 1 fully saturated rings. The van der Waals surface area contributed by atoms with Gasteiger partial charge in [-0.05, 0) is 42.7 Å². The summed E-state index contributed by atoms with van der Waals surface area (Å²) in [5, 5.41) is 13.0. The first kappa shape index (κ1) is 16.5. The van der Waals surface area contributed by atoms with Crippen molar-refractivity contribution in [1.82, 2.24) is 4.98 Å². The van der Waals surface area contributed by atoms with Crippen molar-refractivity contribution >= 4 is 17.6 Å². The van der Waals surface area contributed by atoms with Crippen molar-refractivity contribution in [1.29, 1.82) is 0 Å². The molecular weight excluding hydrogens is 305 g/mol. The highest BCUT2D eigenvalue weighted by molar-refractivity contribution is 5.66. The van der Waals surface area contributed by atoms with Gasteiger partial charge in [0.1, 0.15) is 5.82 Å². The molecule has 5 heteroatoms. The predicted octanol–water partition coefficient (Wildman–Crippen LogP) is 3.31. The first-order valence-electron chi connectivity index (χ1n) is 8.26. The molecule has 0 radical (unpaired) electrons. The fraction of sp³-hybridized carbons (Fsp3) is 0.316. The van der Waals surface area contributed by atoms with Gasteiger partial charge in [0, 0.05) is 25.8 Å². The molecule has 1 aromatic heterocycles. The highest BCUT2D eigenvalue weighted by Crippen LogP contribution is 2.25. The van der Waals surface area contributed by atoms with Gasteiger partial charge >= 0.3 is 0 Å². The summed E-state index contributed by atoms with van der Waals surface area (Å²) in [5.41, 5.74) is 1.95. The van der Waals surface area contributed by atoms with E-state index in [1.807, 2.05) is 24.3 Å². The molecule has 1 aromatic carbocycles. The number of aliphatic hydroxyl groups excluding tert-OH is 1. The van der Waals surface area contributed by atoms with Crippen molar-refractivity contribution in [2.45, 2.75) is 18.9 Å². The fourth-order valence-electron chi connectivity index (χ4n) is 2.80. The lowest BCUT2D eigenvalue weighted by molar-refractivity contribution is 0.145. The largest absolute Gasteiger partial charge is 0.393 e. The fourth-order valence-corrected chi connectivity index (χ4v) is 2.80. The molecule has 1 aliphatic heterocycles. The zero-order valence-electron chi connectivity index (χ0n) is 13.5. The Balaban J connectivity index is 1.60. The average molecular weight is 327 g/mol. The second-order valence-electron chi connectivity index (χ2n) is 5.93. The number of hydrogen-bond acceptors (Lipinski definition) is 4. The van der Waals surface area contributed by atoms with Gasteiger partial charge in [-0.3, -0.25) is 0 Å². The Morgan fingerprint density at radius 1 is 1.21 bits per heavy atom. The maximum absolute atomic E-state index is 12.9. The van der Waals surface area contributed by atoms with Gasteiger partial charge in [-0.1, -0.05) is 24.3 Å². The highest BCUT2D eigenvalue weighted by Gasteiger charge is 2.19. The monoisotopic (exact) mass is 327 g/mol. The van der Waals surface area contributed by atoms with Crippen molar-refractivity contribution in [2.24, 2.45) is 0 Å². The number of hydrogen-bond donors (Lipinski definition) is 2. The summed E-state index contributed by atoms with van der Waals surface area (Å²) < 4.78 is 12.9. The Morgan fingerprint density at radius 3 is 2.71 bits per heavy atom. The second-order valence-corrected chi connectivity index (χ2v) is 5.93. The molecular formula is C19H22FN3O.